The molecule has 6 nitrogen and oxygen atoms in total. The van der Waals surface area contributed by atoms with E-state index in [0.29, 0.717) is 5.69 Å². The molecule has 0 unspecified atom stereocenters. The van der Waals surface area contributed by atoms with E-state index in [0.717, 1.165) is 18.7 Å². The maximum atomic E-state index is 7.39. The standard InChI is InChI=1S/C13H18N6/c1-18(8-11-6-17-19(2)9-11)7-10-3-4-16-12(5-10)13(14)15/h3-6,9H,7-8H2,1-2H3,(H3,14,15). The second kappa shape index (κ2) is 5.62. The van der Waals surface area contributed by atoms with Gasteiger partial charge in [-0.15, -0.1) is 0 Å². The number of hydrogen-bond acceptors (Lipinski definition) is 4. The molecule has 3 N–H and O–H groups in total. The molecule has 6 heteroatoms. The lowest BCUT2D eigenvalue weighted by Gasteiger charge is -2.15. The van der Waals surface area contributed by atoms with Crippen LogP contribution in [-0.2, 0) is 20.1 Å². The summed E-state index contributed by atoms with van der Waals surface area (Å²) in [6.07, 6.45) is 5.55. The Morgan fingerprint density at radius 1 is 1.42 bits per heavy atom. The summed E-state index contributed by atoms with van der Waals surface area (Å²) in [7, 11) is 3.95. The molecular weight excluding hydrogens is 240 g/mol. The van der Waals surface area contributed by atoms with Crippen LogP contribution in [0.3, 0.4) is 0 Å². The Bertz CT molecular complexity index is 574. The fourth-order valence-corrected chi connectivity index (χ4v) is 1.95. The van der Waals surface area contributed by atoms with Crippen molar-refractivity contribution in [3.05, 3.63) is 47.5 Å². The van der Waals surface area contributed by atoms with Gasteiger partial charge in [0.15, 0.2) is 0 Å². The van der Waals surface area contributed by atoms with Crippen LogP contribution in [0.1, 0.15) is 16.8 Å². The first-order valence-electron chi connectivity index (χ1n) is 6.00. The van der Waals surface area contributed by atoms with Gasteiger partial charge in [0.2, 0.25) is 0 Å². The first-order valence-corrected chi connectivity index (χ1v) is 6.00. The van der Waals surface area contributed by atoms with Crippen molar-refractivity contribution in [3.8, 4) is 0 Å². The Morgan fingerprint density at radius 3 is 2.79 bits per heavy atom. The zero-order valence-corrected chi connectivity index (χ0v) is 11.2. The second-order valence-corrected chi connectivity index (χ2v) is 4.66. The van der Waals surface area contributed by atoms with Crippen LogP contribution in [0.25, 0.3) is 0 Å². The Hall–Kier alpha value is -2.21. The van der Waals surface area contributed by atoms with Crippen LogP contribution < -0.4 is 5.73 Å². The van der Waals surface area contributed by atoms with Crippen molar-refractivity contribution in [2.45, 2.75) is 13.1 Å². The SMILES string of the molecule is CN(Cc1ccnc(C(=N)N)c1)Cc1cnn(C)c1. The molecule has 2 heterocycles. The molecule has 0 saturated carbocycles. The monoisotopic (exact) mass is 258 g/mol. The number of pyridine rings is 1. The van der Waals surface area contributed by atoms with Crippen molar-refractivity contribution in [2.24, 2.45) is 12.8 Å². The lowest BCUT2D eigenvalue weighted by atomic mass is 10.2. The average Bonchev–Trinajstić information content (AvgIpc) is 2.74. The summed E-state index contributed by atoms with van der Waals surface area (Å²) >= 11 is 0. The summed E-state index contributed by atoms with van der Waals surface area (Å²) in [5, 5.41) is 11.5. The van der Waals surface area contributed by atoms with Gasteiger partial charge in [0.25, 0.3) is 0 Å². The lowest BCUT2D eigenvalue weighted by molar-refractivity contribution is 0.319. The minimum atomic E-state index is -0.00300. The maximum Gasteiger partial charge on any atom is 0.141 e. The molecule has 0 fully saturated rings. The van der Waals surface area contributed by atoms with Crippen LogP contribution in [-0.4, -0.2) is 32.5 Å². The van der Waals surface area contributed by atoms with E-state index in [1.807, 2.05) is 38.6 Å². The second-order valence-electron chi connectivity index (χ2n) is 4.66. The number of nitrogens with one attached hydrogen (secondary N) is 1. The number of aromatic nitrogens is 3. The van der Waals surface area contributed by atoms with Crippen LogP contribution in [0.15, 0.2) is 30.7 Å². The summed E-state index contributed by atoms with van der Waals surface area (Å²) in [4.78, 5) is 6.23. The van der Waals surface area contributed by atoms with Gasteiger partial charge >= 0.3 is 0 Å². The van der Waals surface area contributed by atoms with Crippen molar-refractivity contribution in [3.63, 3.8) is 0 Å². The first kappa shape index (κ1) is 13.2. The van der Waals surface area contributed by atoms with Gasteiger partial charge in [-0.25, -0.2) is 0 Å². The van der Waals surface area contributed by atoms with Crippen molar-refractivity contribution in [2.75, 3.05) is 7.05 Å². The molecule has 0 aliphatic carbocycles. The minimum absolute atomic E-state index is 0.00300. The third-order valence-corrected chi connectivity index (χ3v) is 2.76. The van der Waals surface area contributed by atoms with Crippen LogP contribution in [0.5, 0.6) is 0 Å². The molecule has 0 aliphatic rings. The predicted octanol–water partition coefficient (Wildman–Crippen LogP) is 0.731. The summed E-state index contributed by atoms with van der Waals surface area (Å²) in [5.74, 6) is -0.00300. The quantitative estimate of drug-likeness (QED) is 0.611. The molecule has 0 saturated heterocycles. The van der Waals surface area contributed by atoms with Crippen LogP contribution in [0, 0.1) is 5.41 Å². The van der Waals surface area contributed by atoms with Gasteiger partial charge in [0.05, 0.1) is 6.20 Å². The van der Waals surface area contributed by atoms with Crippen LogP contribution >= 0.6 is 0 Å². The summed E-state index contributed by atoms with van der Waals surface area (Å²) in [6, 6.07) is 3.79. The van der Waals surface area contributed by atoms with Crippen LogP contribution in [0.4, 0.5) is 0 Å². The Kier molecular flexibility index (Phi) is 3.91. The zero-order valence-electron chi connectivity index (χ0n) is 11.2. The molecular formula is C13H18N6. The number of nitrogens with zero attached hydrogens (tertiary/aromatic N) is 4. The summed E-state index contributed by atoms with van der Waals surface area (Å²) in [5.41, 5.74) is 8.22. The smallest absolute Gasteiger partial charge is 0.141 e. The number of rotatable bonds is 5. The molecule has 0 aromatic carbocycles. The normalized spacial score (nSPS) is 10.9. The van der Waals surface area contributed by atoms with E-state index in [1.54, 1.807) is 10.9 Å². The highest BCUT2D eigenvalue weighted by Crippen LogP contribution is 2.08. The summed E-state index contributed by atoms with van der Waals surface area (Å²) in [6.45, 7) is 1.60. The molecule has 19 heavy (non-hydrogen) atoms. The van der Waals surface area contributed by atoms with Gasteiger partial charge in [-0.2, -0.15) is 5.10 Å². The predicted molar refractivity (Wildman–Crippen MR) is 73.6 cm³/mol. The molecule has 0 bridgehead atoms. The molecule has 2 aromatic rings. The zero-order chi connectivity index (χ0) is 13.8. The third-order valence-electron chi connectivity index (χ3n) is 2.76. The van der Waals surface area contributed by atoms with E-state index in [-0.39, 0.29) is 5.84 Å². The lowest BCUT2D eigenvalue weighted by Crippen LogP contribution is -2.18. The fourth-order valence-electron chi connectivity index (χ4n) is 1.95. The average molecular weight is 258 g/mol. The molecule has 100 valence electrons. The van der Waals surface area contributed by atoms with Crippen molar-refractivity contribution < 1.29 is 0 Å². The highest BCUT2D eigenvalue weighted by molar-refractivity contribution is 5.93. The van der Waals surface area contributed by atoms with Gasteiger partial charge < -0.3 is 5.73 Å². The first-order chi connectivity index (χ1) is 9.04. The van der Waals surface area contributed by atoms with Crippen molar-refractivity contribution in [1.82, 2.24) is 19.7 Å². The van der Waals surface area contributed by atoms with Crippen molar-refractivity contribution >= 4 is 5.84 Å². The van der Waals surface area contributed by atoms with E-state index < -0.39 is 0 Å². The molecule has 2 rings (SSSR count). The molecule has 0 aliphatic heterocycles. The number of nitrogen functional groups attached to an aromatic ring is 1. The molecule has 0 atom stereocenters. The molecule has 0 spiro atoms. The Labute approximate surface area is 112 Å². The summed E-state index contributed by atoms with van der Waals surface area (Å²) < 4.78 is 1.80. The highest BCUT2D eigenvalue weighted by atomic mass is 15.2. The fraction of sp³-hybridized carbons (Fsp3) is 0.308. The number of amidine groups is 1. The Balaban J connectivity index is 2.00. The van der Waals surface area contributed by atoms with Gasteiger partial charge in [-0.1, -0.05) is 0 Å². The van der Waals surface area contributed by atoms with E-state index in [4.69, 9.17) is 11.1 Å². The van der Waals surface area contributed by atoms with Gasteiger partial charge in [0, 0.05) is 38.1 Å². The molecule has 2 aromatic heterocycles. The molecule has 0 radical (unpaired) electrons. The van der Waals surface area contributed by atoms with Crippen LogP contribution in [0.2, 0.25) is 0 Å². The minimum Gasteiger partial charge on any atom is -0.382 e. The van der Waals surface area contributed by atoms with Gasteiger partial charge in [0.1, 0.15) is 11.5 Å². The van der Waals surface area contributed by atoms with E-state index in [2.05, 4.69) is 15.0 Å². The number of aryl methyl sites for hydroxylation is 1. The third kappa shape index (κ3) is 3.62. The number of hydrogen-bond donors (Lipinski definition) is 2. The Morgan fingerprint density at radius 2 is 2.16 bits per heavy atom. The topological polar surface area (TPSA) is 83.8 Å². The molecule has 0 amide bonds. The number of nitrogens with two attached hydrogens (primary N) is 1. The maximum absolute atomic E-state index is 7.39. The van der Waals surface area contributed by atoms with Crippen molar-refractivity contribution in [1.29, 1.82) is 5.41 Å². The van der Waals surface area contributed by atoms with E-state index >= 15 is 0 Å². The van der Waals surface area contributed by atoms with E-state index in [1.165, 1.54) is 5.56 Å². The largest absolute Gasteiger partial charge is 0.382 e. The van der Waals surface area contributed by atoms with E-state index in [9.17, 15) is 0 Å². The van der Waals surface area contributed by atoms with Gasteiger partial charge in [-0.05, 0) is 24.7 Å². The van der Waals surface area contributed by atoms with Gasteiger partial charge in [-0.3, -0.25) is 20.0 Å². The highest BCUT2D eigenvalue weighted by Gasteiger charge is 2.05.